The van der Waals surface area contributed by atoms with E-state index in [1.54, 1.807) is 0 Å². The van der Waals surface area contributed by atoms with Gasteiger partial charge in [0.1, 0.15) is 0 Å². The number of hydrogen-bond donors (Lipinski definition) is 0. The second kappa shape index (κ2) is 4.05. The van der Waals surface area contributed by atoms with Gasteiger partial charge in [0.15, 0.2) is 0 Å². The number of halogens is 1. The van der Waals surface area contributed by atoms with Gasteiger partial charge in [0.25, 0.3) is 0 Å². The summed E-state index contributed by atoms with van der Waals surface area (Å²) in [4.78, 5) is 0. The van der Waals surface area contributed by atoms with E-state index >= 15 is 0 Å². The van der Waals surface area contributed by atoms with E-state index in [1.165, 1.54) is 0 Å². The van der Waals surface area contributed by atoms with Crippen molar-refractivity contribution in [2.45, 2.75) is 0 Å². The first-order valence-electron chi connectivity index (χ1n) is 2.10. The normalized spacial score (nSPS) is 7.62. The Kier molecular flexibility index (Phi) is 4.12. The van der Waals surface area contributed by atoms with Gasteiger partial charge in [0.05, 0.1) is 0 Å². The van der Waals surface area contributed by atoms with Gasteiger partial charge in [0, 0.05) is 4.47 Å². The average Bonchev–Trinajstić information content (AvgIpc) is 1.69. The molecule has 1 atom stereocenters. The van der Waals surface area contributed by atoms with Gasteiger partial charge in [0.2, 0.25) is 0 Å². The predicted molar refractivity (Wildman–Crippen MR) is 45.2 cm³/mol. The fraction of sp³-hybridized carbons (Fsp3) is 0. The molecule has 2 heteroatoms. The highest BCUT2D eigenvalue weighted by molar-refractivity contribution is 9.10. The summed E-state index contributed by atoms with van der Waals surface area (Å²) in [6.07, 6.45) is 0. The Labute approximate surface area is 61.0 Å². The van der Waals surface area contributed by atoms with Crippen LogP contribution < -0.4 is 0 Å². The fourth-order valence-corrected chi connectivity index (χ4v) is 0.720. The highest BCUT2D eigenvalue weighted by Gasteiger charge is 1.74. The van der Waals surface area contributed by atoms with E-state index in [-0.39, 0.29) is 9.90 Å². The van der Waals surface area contributed by atoms with Crippen LogP contribution in [0.15, 0.2) is 34.8 Å². The highest BCUT2D eigenvalue weighted by atomic mass is 79.9. The van der Waals surface area contributed by atoms with E-state index in [0.29, 0.717) is 0 Å². The monoisotopic (exact) mass is 190 g/mol. The molecule has 0 bridgehead atoms. The predicted octanol–water partition coefficient (Wildman–Crippen LogP) is 2.51. The van der Waals surface area contributed by atoms with Crippen molar-refractivity contribution < 1.29 is 0 Å². The third-order valence-corrected chi connectivity index (χ3v) is 1.26. The van der Waals surface area contributed by atoms with E-state index in [9.17, 15) is 0 Å². The Morgan fingerprint density at radius 3 is 1.75 bits per heavy atom. The summed E-state index contributed by atoms with van der Waals surface area (Å²) in [6.45, 7) is 0. The summed E-state index contributed by atoms with van der Waals surface area (Å²) >= 11 is 3.31. The largest absolute Gasteiger partial charge is 0.153 e. The smallest absolute Gasteiger partial charge is 0.0175 e. The number of hydrogen-bond acceptors (Lipinski definition) is 0. The molecule has 1 aromatic rings. The van der Waals surface area contributed by atoms with Crippen LogP contribution in [0.1, 0.15) is 0 Å². The molecule has 0 fully saturated rings. The summed E-state index contributed by atoms with van der Waals surface area (Å²) < 4.78 is 1.13. The Morgan fingerprint density at radius 1 is 1.00 bits per heavy atom. The minimum atomic E-state index is 0. The van der Waals surface area contributed by atoms with Crippen molar-refractivity contribution in [2.75, 3.05) is 0 Å². The standard InChI is InChI=1S/C6H5Br.H3P/c7-6-4-2-1-3-5-6;/h1-5H;1H3. The molecule has 0 spiro atoms. The van der Waals surface area contributed by atoms with Gasteiger partial charge >= 0.3 is 0 Å². The van der Waals surface area contributed by atoms with Crippen LogP contribution in [0.5, 0.6) is 0 Å². The van der Waals surface area contributed by atoms with Crippen molar-refractivity contribution in [3.63, 3.8) is 0 Å². The van der Waals surface area contributed by atoms with Crippen molar-refractivity contribution in [1.82, 2.24) is 0 Å². The zero-order chi connectivity index (χ0) is 5.11. The second-order valence-corrected chi connectivity index (χ2v) is 2.21. The maximum Gasteiger partial charge on any atom is 0.0175 e. The van der Waals surface area contributed by atoms with Crippen LogP contribution >= 0.6 is 25.8 Å². The lowest BCUT2D eigenvalue weighted by Gasteiger charge is -1.80. The van der Waals surface area contributed by atoms with Crippen molar-refractivity contribution in [2.24, 2.45) is 0 Å². The zero-order valence-corrected chi connectivity index (χ0v) is 7.47. The van der Waals surface area contributed by atoms with E-state index < -0.39 is 0 Å². The lowest BCUT2D eigenvalue weighted by Crippen LogP contribution is -1.55. The van der Waals surface area contributed by atoms with E-state index in [1.807, 2.05) is 30.3 Å². The Bertz CT molecular complexity index is 138. The molecule has 0 nitrogen and oxygen atoms in total. The van der Waals surface area contributed by atoms with E-state index in [0.717, 1.165) is 4.47 Å². The van der Waals surface area contributed by atoms with Crippen molar-refractivity contribution >= 4 is 25.8 Å². The van der Waals surface area contributed by atoms with Gasteiger partial charge < -0.3 is 0 Å². The molecule has 0 amide bonds. The van der Waals surface area contributed by atoms with Crippen molar-refractivity contribution in [1.29, 1.82) is 0 Å². The van der Waals surface area contributed by atoms with Gasteiger partial charge in [-0.2, -0.15) is 9.90 Å². The van der Waals surface area contributed by atoms with E-state index in [2.05, 4.69) is 15.9 Å². The Morgan fingerprint density at radius 2 is 1.50 bits per heavy atom. The SMILES string of the molecule is Brc1ccccc1.P. The van der Waals surface area contributed by atoms with E-state index in [4.69, 9.17) is 0 Å². The molecule has 0 aromatic heterocycles. The van der Waals surface area contributed by atoms with Gasteiger partial charge in [-0.3, -0.25) is 0 Å². The van der Waals surface area contributed by atoms with Crippen LogP contribution in [-0.4, -0.2) is 0 Å². The minimum absolute atomic E-state index is 0. The molecule has 0 aliphatic heterocycles. The second-order valence-electron chi connectivity index (χ2n) is 1.30. The maximum absolute atomic E-state index is 3.31. The molecule has 0 saturated carbocycles. The summed E-state index contributed by atoms with van der Waals surface area (Å²) in [5, 5.41) is 0. The fourth-order valence-electron chi connectivity index (χ4n) is 0.415. The molecule has 0 N–H and O–H groups in total. The molecule has 0 aliphatic carbocycles. The lowest BCUT2D eigenvalue weighted by molar-refractivity contribution is 1.66. The lowest BCUT2D eigenvalue weighted by atomic mass is 10.4. The Hall–Kier alpha value is 0.130. The summed E-state index contributed by atoms with van der Waals surface area (Å²) in [6, 6.07) is 9.97. The molecule has 0 saturated heterocycles. The van der Waals surface area contributed by atoms with Crippen LogP contribution in [0.3, 0.4) is 0 Å². The van der Waals surface area contributed by atoms with Crippen LogP contribution in [0.4, 0.5) is 0 Å². The molecule has 0 heterocycles. The van der Waals surface area contributed by atoms with Crippen molar-refractivity contribution in [3.8, 4) is 0 Å². The minimum Gasteiger partial charge on any atom is -0.153 e. The molecule has 0 aliphatic rings. The van der Waals surface area contributed by atoms with Crippen LogP contribution in [0, 0.1) is 0 Å². The van der Waals surface area contributed by atoms with Gasteiger partial charge in [-0.25, -0.2) is 0 Å². The van der Waals surface area contributed by atoms with Gasteiger partial charge in [-0.05, 0) is 12.1 Å². The molecule has 44 valence electrons. The molecular formula is C6H8BrP. The van der Waals surface area contributed by atoms with Gasteiger partial charge in [-0.15, -0.1) is 0 Å². The summed E-state index contributed by atoms with van der Waals surface area (Å²) in [5.41, 5.74) is 0. The van der Waals surface area contributed by atoms with Crippen LogP contribution in [0.25, 0.3) is 0 Å². The summed E-state index contributed by atoms with van der Waals surface area (Å²) in [7, 11) is 0. The maximum atomic E-state index is 3.31. The Balaban J connectivity index is 0.000000490. The third-order valence-electron chi connectivity index (χ3n) is 0.733. The first-order chi connectivity index (χ1) is 3.39. The molecule has 1 aromatic carbocycles. The van der Waals surface area contributed by atoms with Gasteiger partial charge in [-0.1, -0.05) is 34.1 Å². The quantitative estimate of drug-likeness (QED) is 0.552. The third kappa shape index (κ3) is 2.44. The molecule has 8 heavy (non-hydrogen) atoms. The van der Waals surface area contributed by atoms with Crippen LogP contribution in [0.2, 0.25) is 0 Å². The molecule has 1 unspecified atom stereocenters. The number of benzene rings is 1. The molecule has 0 radical (unpaired) electrons. The van der Waals surface area contributed by atoms with Crippen molar-refractivity contribution in [3.05, 3.63) is 34.8 Å². The zero-order valence-electron chi connectivity index (χ0n) is 4.47. The molecule has 1 rings (SSSR count). The molecular weight excluding hydrogens is 183 g/mol. The highest BCUT2D eigenvalue weighted by Crippen LogP contribution is 2.05. The number of rotatable bonds is 0. The van der Waals surface area contributed by atoms with Crippen LogP contribution in [-0.2, 0) is 0 Å². The first-order valence-corrected chi connectivity index (χ1v) is 2.89. The summed E-state index contributed by atoms with van der Waals surface area (Å²) in [5.74, 6) is 0. The topological polar surface area (TPSA) is 0 Å². The first kappa shape index (κ1) is 8.13. The average molecular weight is 191 g/mol.